The van der Waals surface area contributed by atoms with Crippen molar-refractivity contribution in [3.8, 4) is 0 Å². The summed E-state index contributed by atoms with van der Waals surface area (Å²) in [7, 11) is 1.62. The van der Waals surface area contributed by atoms with Crippen LogP contribution in [0.5, 0.6) is 0 Å². The summed E-state index contributed by atoms with van der Waals surface area (Å²) in [5.74, 6) is -0.893. The number of amidine groups is 1. The number of aliphatic imine (C=N–C) groups is 1. The Morgan fingerprint density at radius 3 is 2.50 bits per heavy atom. The molecule has 0 aromatic heterocycles. The van der Waals surface area contributed by atoms with Gasteiger partial charge in [0.2, 0.25) is 11.8 Å². The number of hydrogen-bond donors (Lipinski definition) is 1. The van der Waals surface area contributed by atoms with Crippen molar-refractivity contribution in [3.05, 3.63) is 59.1 Å². The van der Waals surface area contributed by atoms with E-state index in [4.69, 9.17) is 16.3 Å². The molecule has 3 rings (SSSR count). The van der Waals surface area contributed by atoms with Crippen molar-refractivity contribution in [1.82, 2.24) is 4.90 Å². The number of anilines is 1. The summed E-state index contributed by atoms with van der Waals surface area (Å²) in [6, 6.07) is 13.3. The average molecular weight is 446 g/mol. The molecule has 0 bridgehead atoms. The molecule has 7 nitrogen and oxygen atoms in total. The summed E-state index contributed by atoms with van der Waals surface area (Å²) < 4.78 is 4.96. The molecule has 156 valence electrons. The fraction of sp³-hybridized carbons (Fsp3) is 0.238. The SMILES string of the molecule is CCOC(=O)c1ccc(N=C2SC(C(=O)Nc3ccc(Cl)cc3)CC(=O)N2C)cc1. The second-order valence-electron chi connectivity index (χ2n) is 6.42. The van der Waals surface area contributed by atoms with Crippen LogP contribution in [-0.4, -0.2) is 46.8 Å². The summed E-state index contributed by atoms with van der Waals surface area (Å²) in [6.45, 7) is 2.04. The molecule has 0 radical (unpaired) electrons. The summed E-state index contributed by atoms with van der Waals surface area (Å²) in [5.41, 5.74) is 1.58. The van der Waals surface area contributed by atoms with E-state index in [2.05, 4.69) is 10.3 Å². The first-order valence-electron chi connectivity index (χ1n) is 9.23. The third-order valence-corrected chi connectivity index (χ3v) is 5.77. The Balaban J connectivity index is 1.73. The highest BCUT2D eigenvalue weighted by Gasteiger charge is 2.34. The number of rotatable bonds is 5. The molecule has 9 heteroatoms. The van der Waals surface area contributed by atoms with E-state index in [1.807, 2.05) is 0 Å². The van der Waals surface area contributed by atoms with Crippen LogP contribution in [0.4, 0.5) is 11.4 Å². The minimum atomic E-state index is -0.609. The highest BCUT2D eigenvalue weighted by molar-refractivity contribution is 8.15. The molecule has 2 aromatic rings. The lowest BCUT2D eigenvalue weighted by Crippen LogP contribution is -2.43. The summed E-state index contributed by atoms with van der Waals surface area (Å²) in [4.78, 5) is 42.7. The van der Waals surface area contributed by atoms with Crippen molar-refractivity contribution in [2.24, 2.45) is 4.99 Å². The largest absolute Gasteiger partial charge is 0.462 e. The quantitative estimate of drug-likeness (QED) is 0.700. The zero-order chi connectivity index (χ0) is 21.7. The molecule has 1 atom stereocenters. The number of hydrogen-bond acceptors (Lipinski definition) is 6. The van der Waals surface area contributed by atoms with Gasteiger partial charge in [0.05, 0.1) is 17.9 Å². The van der Waals surface area contributed by atoms with E-state index in [9.17, 15) is 14.4 Å². The maximum absolute atomic E-state index is 12.6. The summed E-state index contributed by atoms with van der Waals surface area (Å²) in [6.07, 6.45) is 0.0708. The fourth-order valence-electron chi connectivity index (χ4n) is 2.65. The molecule has 1 fully saturated rings. The van der Waals surface area contributed by atoms with Gasteiger partial charge in [-0.25, -0.2) is 9.79 Å². The number of esters is 1. The van der Waals surface area contributed by atoms with Crippen LogP contribution >= 0.6 is 23.4 Å². The monoisotopic (exact) mass is 445 g/mol. The van der Waals surface area contributed by atoms with Crippen LogP contribution in [0.2, 0.25) is 5.02 Å². The van der Waals surface area contributed by atoms with Crippen LogP contribution in [0, 0.1) is 0 Å². The zero-order valence-corrected chi connectivity index (χ0v) is 18.0. The molecule has 0 aliphatic carbocycles. The number of amides is 2. The van der Waals surface area contributed by atoms with Gasteiger partial charge in [-0.15, -0.1) is 0 Å². The molecule has 1 N–H and O–H groups in total. The maximum atomic E-state index is 12.6. The van der Waals surface area contributed by atoms with E-state index < -0.39 is 11.2 Å². The molecule has 1 heterocycles. The third kappa shape index (κ3) is 5.40. The maximum Gasteiger partial charge on any atom is 0.338 e. The van der Waals surface area contributed by atoms with Crippen LogP contribution in [0.3, 0.4) is 0 Å². The van der Waals surface area contributed by atoms with Crippen molar-refractivity contribution in [1.29, 1.82) is 0 Å². The van der Waals surface area contributed by atoms with Crippen LogP contribution < -0.4 is 5.32 Å². The number of nitrogens with one attached hydrogen (secondary N) is 1. The highest BCUT2D eigenvalue weighted by atomic mass is 35.5. The van der Waals surface area contributed by atoms with Crippen molar-refractivity contribution in [2.45, 2.75) is 18.6 Å². The predicted molar refractivity (Wildman–Crippen MR) is 118 cm³/mol. The van der Waals surface area contributed by atoms with Gasteiger partial charge < -0.3 is 10.1 Å². The molecule has 1 unspecified atom stereocenters. The number of benzene rings is 2. The standard InChI is InChI=1S/C21H20ClN3O4S/c1-3-29-20(28)13-4-8-16(9-5-13)24-21-25(2)18(26)12-17(30-21)19(27)23-15-10-6-14(22)7-11-15/h4-11,17H,3,12H2,1-2H3,(H,23,27). The second kappa shape index (κ2) is 9.77. The van der Waals surface area contributed by atoms with Gasteiger partial charge >= 0.3 is 5.97 Å². The molecule has 1 saturated heterocycles. The van der Waals surface area contributed by atoms with Gasteiger partial charge in [-0.2, -0.15) is 0 Å². The first kappa shape index (κ1) is 21.9. The number of thioether (sulfide) groups is 1. The Labute approximate surface area is 183 Å². The predicted octanol–water partition coefficient (Wildman–Crippen LogP) is 4.11. The van der Waals surface area contributed by atoms with E-state index in [0.29, 0.717) is 33.7 Å². The first-order chi connectivity index (χ1) is 14.4. The minimum Gasteiger partial charge on any atom is -0.462 e. The van der Waals surface area contributed by atoms with E-state index >= 15 is 0 Å². The number of nitrogens with zero attached hydrogens (tertiary/aromatic N) is 2. The minimum absolute atomic E-state index is 0.0708. The van der Waals surface area contributed by atoms with Crippen molar-refractivity contribution in [3.63, 3.8) is 0 Å². The molecule has 30 heavy (non-hydrogen) atoms. The van der Waals surface area contributed by atoms with Crippen molar-refractivity contribution < 1.29 is 19.1 Å². The van der Waals surface area contributed by atoms with Crippen molar-refractivity contribution >= 4 is 57.7 Å². The third-order valence-electron chi connectivity index (χ3n) is 4.28. The van der Waals surface area contributed by atoms with Gasteiger partial charge in [-0.3, -0.25) is 14.5 Å². The van der Waals surface area contributed by atoms with E-state index in [1.165, 1.54) is 16.7 Å². The lowest BCUT2D eigenvalue weighted by Gasteiger charge is -2.28. The van der Waals surface area contributed by atoms with Gasteiger partial charge in [-0.05, 0) is 55.5 Å². The van der Waals surface area contributed by atoms with Gasteiger partial charge in [0.15, 0.2) is 5.17 Å². The fourth-order valence-corrected chi connectivity index (χ4v) is 3.84. The zero-order valence-electron chi connectivity index (χ0n) is 16.4. The average Bonchev–Trinajstić information content (AvgIpc) is 2.73. The van der Waals surface area contributed by atoms with Crippen LogP contribution in [0.15, 0.2) is 53.5 Å². The van der Waals surface area contributed by atoms with Gasteiger partial charge in [0.25, 0.3) is 0 Å². The molecule has 2 amide bonds. The van der Waals surface area contributed by atoms with Crippen LogP contribution in [0.25, 0.3) is 0 Å². The molecular weight excluding hydrogens is 426 g/mol. The molecule has 1 aliphatic rings. The number of carbonyl (C=O) groups is 3. The summed E-state index contributed by atoms with van der Waals surface area (Å²) in [5, 5.41) is 3.16. The van der Waals surface area contributed by atoms with E-state index in [-0.39, 0.29) is 18.2 Å². The molecule has 0 saturated carbocycles. The Bertz CT molecular complexity index is 977. The van der Waals surface area contributed by atoms with Crippen molar-refractivity contribution in [2.75, 3.05) is 19.0 Å². The first-order valence-corrected chi connectivity index (χ1v) is 10.5. The molecule has 2 aromatic carbocycles. The molecule has 1 aliphatic heterocycles. The Hall–Kier alpha value is -2.84. The van der Waals surface area contributed by atoms with Crippen LogP contribution in [-0.2, 0) is 14.3 Å². The Morgan fingerprint density at radius 2 is 1.87 bits per heavy atom. The normalized spacial score (nSPS) is 17.7. The second-order valence-corrected chi connectivity index (χ2v) is 8.03. The lowest BCUT2D eigenvalue weighted by molar-refractivity contribution is -0.128. The smallest absolute Gasteiger partial charge is 0.338 e. The van der Waals surface area contributed by atoms with Gasteiger partial charge in [-0.1, -0.05) is 23.4 Å². The number of halogens is 1. The van der Waals surface area contributed by atoms with Crippen LogP contribution in [0.1, 0.15) is 23.7 Å². The number of ether oxygens (including phenoxy) is 1. The molecule has 0 spiro atoms. The Kier molecular flexibility index (Phi) is 7.12. The number of carbonyl (C=O) groups excluding carboxylic acids is 3. The van der Waals surface area contributed by atoms with E-state index in [1.54, 1.807) is 62.5 Å². The summed E-state index contributed by atoms with van der Waals surface area (Å²) >= 11 is 7.08. The van der Waals surface area contributed by atoms with E-state index in [0.717, 1.165) is 0 Å². The highest BCUT2D eigenvalue weighted by Crippen LogP contribution is 2.29. The topological polar surface area (TPSA) is 88.1 Å². The lowest BCUT2D eigenvalue weighted by atomic mass is 10.2. The molecular formula is C21H20ClN3O4S. The Morgan fingerprint density at radius 1 is 1.20 bits per heavy atom. The van der Waals surface area contributed by atoms with Gasteiger partial charge in [0, 0.05) is 24.2 Å². The van der Waals surface area contributed by atoms with Gasteiger partial charge in [0.1, 0.15) is 5.25 Å².